The van der Waals surface area contributed by atoms with Crippen molar-refractivity contribution in [3.05, 3.63) is 46.2 Å². The van der Waals surface area contributed by atoms with E-state index in [0.717, 1.165) is 0 Å². The molecular weight excluding hydrogens is 394 g/mol. The predicted molar refractivity (Wildman–Crippen MR) is 102 cm³/mol. The van der Waals surface area contributed by atoms with Crippen LogP contribution >= 0.6 is 0 Å². The molecule has 6 unspecified atom stereocenters. The number of aromatic hydroxyl groups is 1. The number of hydrogen-bond donors (Lipinski definition) is 6. The summed E-state index contributed by atoms with van der Waals surface area (Å²) in [6.07, 6.45) is -1.54. The van der Waals surface area contributed by atoms with Crippen LogP contribution in [0.3, 0.4) is 0 Å². The molecule has 9 heteroatoms. The number of fused-ring (bicyclic) bond motifs is 3. The Bertz CT molecular complexity index is 1090. The van der Waals surface area contributed by atoms with E-state index in [2.05, 4.69) is 0 Å². The van der Waals surface area contributed by atoms with Gasteiger partial charge in [0.2, 0.25) is 5.78 Å². The summed E-state index contributed by atoms with van der Waals surface area (Å²) in [6, 6.07) is 4.49. The fourth-order valence-corrected chi connectivity index (χ4v) is 5.34. The minimum absolute atomic E-state index is 0.0163. The Morgan fingerprint density at radius 1 is 1.10 bits per heavy atom. The van der Waals surface area contributed by atoms with E-state index in [9.17, 15) is 39.9 Å². The van der Waals surface area contributed by atoms with Crippen molar-refractivity contribution in [2.45, 2.75) is 31.5 Å². The molecule has 0 bridgehead atoms. The third kappa shape index (κ3) is 2.16. The van der Waals surface area contributed by atoms with Gasteiger partial charge < -0.3 is 31.3 Å². The van der Waals surface area contributed by atoms with E-state index in [1.807, 2.05) is 0 Å². The summed E-state index contributed by atoms with van der Waals surface area (Å²) in [6.45, 7) is 3.00. The third-order valence-electron chi connectivity index (χ3n) is 6.78. The van der Waals surface area contributed by atoms with Crippen LogP contribution in [-0.2, 0) is 14.4 Å². The maximum absolute atomic E-state index is 13.5. The van der Waals surface area contributed by atoms with Gasteiger partial charge in [0.25, 0.3) is 5.91 Å². The topological polar surface area (TPSA) is 178 Å². The molecule has 3 aliphatic carbocycles. The number of rotatable bonds is 1. The first-order valence-corrected chi connectivity index (χ1v) is 9.44. The SMILES string of the molecule is CC1C(=O)C(C(N)=O)=C(O)C2(O)C(=O)C3=C(O)c4c(O)cccc4C(C)C3C(O)C12. The van der Waals surface area contributed by atoms with Crippen molar-refractivity contribution in [3.8, 4) is 5.75 Å². The van der Waals surface area contributed by atoms with E-state index in [1.54, 1.807) is 19.1 Å². The number of ketones is 2. The molecule has 158 valence electrons. The van der Waals surface area contributed by atoms with Crippen LogP contribution in [0.15, 0.2) is 35.1 Å². The molecule has 1 aromatic rings. The predicted octanol–water partition coefficient (Wildman–Crippen LogP) is 0.202. The second-order valence-corrected chi connectivity index (χ2v) is 8.17. The summed E-state index contributed by atoms with van der Waals surface area (Å²) in [4.78, 5) is 37.8. The second-order valence-electron chi connectivity index (χ2n) is 8.17. The van der Waals surface area contributed by atoms with E-state index < -0.39 is 69.9 Å². The van der Waals surface area contributed by atoms with Gasteiger partial charge in [-0.2, -0.15) is 0 Å². The number of carbonyl (C=O) groups excluding carboxylic acids is 3. The van der Waals surface area contributed by atoms with Crippen LogP contribution in [0.1, 0.15) is 30.9 Å². The van der Waals surface area contributed by atoms with Crippen molar-refractivity contribution in [2.75, 3.05) is 0 Å². The Hall–Kier alpha value is -3.17. The highest BCUT2D eigenvalue weighted by atomic mass is 16.4. The van der Waals surface area contributed by atoms with Crippen molar-refractivity contribution in [3.63, 3.8) is 0 Å². The summed E-state index contributed by atoms with van der Waals surface area (Å²) in [5.41, 5.74) is 1.51. The van der Waals surface area contributed by atoms with Gasteiger partial charge in [-0.3, -0.25) is 14.4 Å². The fourth-order valence-electron chi connectivity index (χ4n) is 5.34. The average Bonchev–Trinajstić information content (AvgIpc) is 2.67. The van der Waals surface area contributed by atoms with Crippen molar-refractivity contribution in [1.82, 2.24) is 0 Å². The van der Waals surface area contributed by atoms with Crippen LogP contribution in [0, 0.1) is 17.8 Å². The van der Waals surface area contributed by atoms with Gasteiger partial charge >= 0.3 is 0 Å². The van der Waals surface area contributed by atoms with Gasteiger partial charge in [-0.15, -0.1) is 0 Å². The summed E-state index contributed by atoms with van der Waals surface area (Å²) >= 11 is 0. The van der Waals surface area contributed by atoms with Gasteiger partial charge in [0.05, 0.1) is 11.7 Å². The maximum Gasteiger partial charge on any atom is 0.255 e. The van der Waals surface area contributed by atoms with E-state index in [0.29, 0.717) is 5.56 Å². The highest BCUT2D eigenvalue weighted by molar-refractivity contribution is 6.23. The number of aliphatic hydroxyl groups is 4. The number of aliphatic hydroxyl groups excluding tert-OH is 3. The van der Waals surface area contributed by atoms with E-state index in [-0.39, 0.29) is 16.9 Å². The lowest BCUT2D eigenvalue weighted by atomic mass is 9.53. The molecule has 7 N–H and O–H groups in total. The Morgan fingerprint density at radius 3 is 2.33 bits per heavy atom. The zero-order valence-electron chi connectivity index (χ0n) is 16.2. The van der Waals surface area contributed by atoms with E-state index in [1.165, 1.54) is 13.0 Å². The first-order chi connectivity index (χ1) is 14.0. The van der Waals surface area contributed by atoms with Crippen LogP contribution in [0.5, 0.6) is 5.75 Å². The molecular formula is C21H21NO8. The highest BCUT2D eigenvalue weighted by Gasteiger charge is 2.66. The Balaban J connectivity index is 2.05. The monoisotopic (exact) mass is 415 g/mol. The van der Waals surface area contributed by atoms with E-state index >= 15 is 0 Å². The van der Waals surface area contributed by atoms with E-state index in [4.69, 9.17) is 5.73 Å². The molecule has 30 heavy (non-hydrogen) atoms. The summed E-state index contributed by atoms with van der Waals surface area (Å²) in [7, 11) is 0. The number of phenols is 1. The molecule has 9 nitrogen and oxygen atoms in total. The molecule has 3 aliphatic rings. The number of nitrogens with two attached hydrogens (primary N) is 1. The van der Waals surface area contributed by atoms with Crippen molar-refractivity contribution < 1.29 is 39.9 Å². The highest BCUT2D eigenvalue weighted by Crippen LogP contribution is 2.56. The van der Waals surface area contributed by atoms with Crippen LogP contribution in [0.2, 0.25) is 0 Å². The smallest absolute Gasteiger partial charge is 0.255 e. The number of hydrogen-bond acceptors (Lipinski definition) is 8. The molecule has 0 heterocycles. The number of primary amides is 1. The number of phenolic OH excluding ortho intramolecular Hbond substituents is 1. The minimum atomic E-state index is -2.83. The molecule has 0 radical (unpaired) electrons. The molecule has 0 aromatic heterocycles. The molecule has 0 spiro atoms. The molecule has 1 amide bonds. The standard InChI is InChI=1S/C21H21NO8/c1-6-8-4-3-5-9(23)11(8)16(25)12-10(6)17(26)14-7(2)15(24)13(20(22)29)19(28)21(14,30)18(12)27/h3-7,10,14,17,23,25-26,28,30H,1-2H3,(H2,22,29). The van der Waals surface area contributed by atoms with Gasteiger partial charge in [-0.05, 0) is 17.5 Å². The zero-order chi connectivity index (χ0) is 22.3. The maximum atomic E-state index is 13.5. The third-order valence-corrected chi connectivity index (χ3v) is 6.78. The number of amides is 1. The normalized spacial score (nSPS) is 35.7. The van der Waals surface area contributed by atoms with Crippen molar-refractivity contribution in [1.29, 1.82) is 0 Å². The van der Waals surface area contributed by atoms with Crippen molar-refractivity contribution in [2.24, 2.45) is 23.5 Å². The van der Waals surface area contributed by atoms with Crippen LogP contribution in [-0.4, -0.2) is 54.7 Å². The molecule has 4 rings (SSSR count). The fraction of sp³-hybridized carbons (Fsp3) is 0.381. The quantitative estimate of drug-likeness (QED) is 0.352. The number of carbonyl (C=O) groups is 3. The molecule has 0 saturated heterocycles. The largest absolute Gasteiger partial charge is 0.508 e. The lowest BCUT2D eigenvalue weighted by molar-refractivity contribution is -0.167. The molecule has 1 saturated carbocycles. The van der Waals surface area contributed by atoms with Gasteiger partial charge in [0.15, 0.2) is 11.4 Å². The Morgan fingerprint density at radius 2 is 1.73 bits per heavy atom. The number of benzene rings is 1. The van der Waals surface area contributed by atoms with Crippen LogP contribution < -0.4 is 5.73 Å². The van der Waals surface area contributed by atoms with Crippen molar-refractivity contribution >= 4 is 23.2 Å². The average molecular weight is 415 g/mol. The van der Waals surface area contributed by atoms with Gasteiger partial charge in [0.1, 0.15) is 22.8 Å². The zero-order valence-corrected chi connectivity index (χ0v) is 16.2. The van der Waals surface area contributed by atoms with Crippen LogP contribution in [0.4, 0.5) is 0 Å². The summed E-state index contributed by atoms with van der Waals surface area (Å²) in [5.74, 6) is -9.82. The summed E-state index contributed by atoms with van der Waals surface area (Å²) < 4.78 is 0. The van der Waals surface area contributed by atoms with Gasteiger partial charge in [-0.25, -0.2) is 0 Å². The summed E-state index contributed by atoms with van der Waals surface area (Å²) in [5, 5.41) is 54.1. The lowest BCUT2D eigenvalue weighted by Crippen LogP contribution is -2.66. The van der Waals surface area contributed by atoms with Gasteiger partial charge in [0, 0.05) is 23.3 Å². The molecule has 1 fully saturated rings. The Kier molecular flexibility index (Phi) is 4.13. The second kappa shape index (κ2) is 6.16. The van der Waals surface area contributed by atoms with Crippen LogP contribution in [0.25, 0.3) is 5.76 Å². The Labute approximate surface area is 170 Å². The minimum Gasteiger partial charge on any atom is -0.508 e. The first-order valence-electron chi connectivity index (χ1n) is 9.44. The number of Topliss-reactive ketones (excluding diaryl/α,β-unsaturated/α-hetero) is 2. The molecule has 1 aromatic carbocycles. The lowest BCUT2D eigenvalue weighted by Gasteiger charge is -2.52. The molecule has 6 atom stereocenters. The first kappa shape index (κ1) is 20.1. The molecule has 0 aliphatic heterocycles. The van der Waals surface area contributed by atoms with Gasteiger partial charge in [-0.1, -0.05) is 26.0 Å².